The highest BCUT2D eigenvalue weighted by Gasteiger charge is 2.23. The molecule has 1 amide bonds. The molecule has 0 saturated heterocycles. The lowest BCUT2D eigenvalue weighted by Crippen LogP contribution is -2.25. The van der Waals surface area contributed by atoms with E-state index in [-0.39, 0.29) is 25.0 Å². The Hall–Kier alpha value is -4.00. The van der Waals surface area contributed by atoms with Crippen LogP contribution >= 0.6 is 0 Å². The van der Waals surface area contributed by atoms with Crippen LogP contribution in [-0.4, -0.2) is 29.2 Å². The second kappa shape index (κ2) is 8.86. The van der Waals surface area contributed by atoms with Crippen molar-refractivity contribution in [2.75, 3.05) is 13.9 Å². The Bertz CT molecular complexity index is 1310. The SMILES string of the molecule is COc1cccc(C(CC(=O)NCc2ccc3c(c2)OCO3)c2cnc3cc(C)ccn23)c1. The van der Waals surface area contributed by atoms with Crippen molar-refractivity contribution in [2.24, 2.45) is 0 Å². The van der Waals surface area contributed by atoms with Gasteiger partial charge in [0, 0.05) is 31.3 Å². The number of rotatable bonds is 7. The average molecular weight is 444 g/mol. The van der Waals surface area contributed by atoms with Gasteiger partial charge in [0.2, 0.25) is 12.7 Å². The first-order valence-corrected chi connectivity index (χ1v) is 10.8. The summed E-state index contributed by atoms with van der Waals surface area (Å²) >= 11 is 0. The van der Waals surface area contributed by atoms with E-state index in [9.17, 15) is 4.79 Å². The highest BCUT2D eigenvalue weighted by molar-refractivity contribution is 5.77. The zero-order valence-corrected chi connectivity index (χ0v) is 18.6. The number of pyridine rings is 1. The van der Waals surface area contributed by atoms with Crippen molar-refractivity contribution in [3.63, 3.8) is 0 Å². The van der Waals surface area contributed by atoms with Gasteiger partial charge in [-0.15, -0.1) is 0 Å². The highest BCUT2D eigenvalue weighted by atomic mass is 16.7. The van der Waals surface area contributed by atoms with Crippen LogP contribution in [0.15, 0.2) is 67.0 Å². The first-order chi connectivity index (χ1) is 16.1. The smallest absolute Gasteiger partial charge is 0.231 e. The van der Waals surface area contributed by atoms with Gasteiger partial charge in [-0.3, -0.25) is 4.79 Å². The number of carbonyl (C=O) groups is 1. The summed E-state index contributed by atoms with van der Waals surface area (Å²) in [5.74, 6) is 1.95. The molecule has 2 aromatic heterocycles. The van der Waals surface area contributed by atoms with E-state index >= 15 is 0 Å². The first-order valence-electron chi connectivity index (χ1n) is 10.8. The van der Waals surface area contributed by atoms with E-state index in [0.29, 0.717) is 12.3 Å². The molecule has 1 aliphatic heterocycles. The number of nitrogens with zero attached hydrogens (tertiary/aromatic N) is 2. The van der Waals surface area contributed by atoms with Gasteiger partial charge in [0.15, 0.2) is 11.5 Å². The third kappa shape index (κ3) is 4.35. The Morgan fingerprint density at radius 2 is 2.03 bits per heavy atom. The monoisotopic (exact) mass is 443 g/mol. The maximum atomic E-state index is 13.0. The van der Waals surface area contributed by atoms with E-state index in [1.165, 1.54) is 0 Å². The van der Waals surface area contributed by atoms with Crippen LogP contribution in [0.4, 0.5) is 0 Å². The maximum absolute atomic E-state index is 13.0. The third-order valence-electron chi connectivity index (χ3n) is 5.87. The summed E-state index contributed by atoms with van der Waals surface area (Å²) in [6.45, 7) is 2.68. The lowest BCUT2D eigenvalue weighted by Gasteiger charge is -2.18. The molecule has 0 radical (unpaired) electrons. The summed E-state index contributed by atoms with van der Waals surface area (Å²) in [6, 6.07) is 17.6. The molecule has 1 unspecified atom stereocenters. The van der Waals surface area contributed by atoms with E-state index in [1.807, 2.05) is 78.3 Å². The summed E-state index contributed by atoms with van der Waals surface area (Å²) in [4.78, 5) is 17.6. The maximum Gasteiger partial charge on any atom is 0.231 e. The van der Waals surface area contributed by atoms with Crippen LogP contribution in [-0.2, 0) is 11.3 Å². The number of hydrogen-bond acceptors (Lipinski definition) is 5. The number of imidazole rings is 1. The lowest BCUT2D eigenvalue weighted by molar-refractivity contribution is -0.121. The molecule has 0 bridgehead atoms. The summed E-state index contributed by atoms with van der Waals surface area (Å²) in [5.41, 5.74) is 4.90. The third-order valence-corrected chi connectivity index (χ3v) is 5.87. The summed E-state index contributed by atoms with van der Waals surface area (Å²) in [7, 11) is 1.64. The molecule has 2 aromatic carbocycles. The van der Waals surface area contributed by atoms with E-state index in [1.54, 1.807) is 7.11 Å². The van der Waals surface area contributed by atoms with Crippen molar-refractivity contribution in [1.29, 1.82) is 0 Å². The Balaban J connectivity index is 1.39. The Labute approximate surface area is 191 Å². The van der Waals surface area contributed by atoms with Crippen LogP contribution in [0.25, 0.3) is 5.65 Å². The minimum absolute atomic E-state index is 0.0532. The molecule has 33 heavy (non-hydrogen) atoms. The standard InChI is InChI=1S/C26H25N3O4/c1-17-8-9-29-22(15-27-25(29)10-17)21(19-4-3-5-20(12-19)31-2)13-26(30)28-14-18-6-7-23-24(11-18)33-16-32-23/h3-12,15,21H,13-14,16H2,1-2H3,(H,28,30). The molecule has 1 N–H and O–H groups in total. The number of methoxy groups -OCH3 is 1. The molecule has 3 heterocycles. The van der Waals surface area contributed by atoms with Crippen molar-refractivity contribution in [2.45, 2.75) is 25.8 Å². The van der Waals surface area contributed by atoms with E-state index < -0.39 is 0 Å². The van der Waals surface area contributed by atoms with Crippen molar-refractivity contribution in [3.8, 4) is 17.2 Å². The predicted molar refractivity (Wildman–Crippen MR) is 124 cm³/mol. The number of aromatic nitrogens is 2. The van der Waals surface area contributed by atoms with Gasteiger partial charge >= 0.3 is 0 Å². The predicted octanol–water partition coefficient (Wildman–Crippen LogP) is 4.22. The molecule has 0 fully saturated rings. The number of ether oxygens (including phenoxy) is 3. The van der Waals surface area contributed by atoms with Crippen LogP contribution in [0.5, 0.6) is 17.2 Å². The van der Waals surface area contributed by atoms with Gasteiger partial charge < -0.3 is 23.9 Å². The minimum atomic E-state index is -0.186. The van der Waals surface area contributed by atoms with Crippen LogP contribution in [0.1, 0.15) is 34.7 Å². The normalized spacial score (nSPS) is 13.2. The van der Waals surface area contributed by atoms with Gasteiger partial charge in [-0.2, -0.15) is 0 Å². The molecule has 7 nitrogen and oxygen atoms in total. The quantitative estimate of drug-likeness (QED) is 0.463. The summed E-state index contributed by atoms with van der Waals surface area (Å²) in [5, 5.41) is 3.04. The van der Waals surface area contributed by atoms with Crippen molar-refractivity contribution in [1.82, 2.24) is 14.7 Å². The number of nitrogens with one attached hydrogen (secondary N) is 1. The summed E-state index contributed by atoms with van der Waals surface area (Å²) < 4.78 is 18.3. The molecule has 0 spiro atoms. The molecule has 5 rings (SSSR count). The minimum Gasteiger partial charge on any atom is -0.497 e. The van der Waals surface area contributed by atoms with Crippen molar-refractivity contribution >= 4 is 11.6 Å². The molecule has 0 aliphatic carbocycles. The van der Waals surface area contributed by atoms with E-state index in [0.717, 1.165) is 39.5 Å². The van der Waals surface area contributed by atoms with Crippen LogP contribution in [0.2, 0.25) is 0 Å². The zero-order chi connectivity index (χ0) is 22.8. The second-order valence-corrected chi connectivity index (χ2v) is 8.11. The second-order valence-electron chi connectivity index (χ2n) is 8.11. The van der Waals surface area contributed by atoms with Gasteiger partial charge in [0.05, 0.1) is 12.8 Å². The van der Waals surface area contributed by atoms with Gasteiger partial charge in [0.1, 0.15) is 11.4 Å². The number of amides is 1. The number of carbonyl (C=O) groups excluding carboxylic acids is 1. The summed E-state index contributed by atoms with van der Waals surface area (Å²) in [6.07, 6.45) is 4.13. The molecular weight excluding hydrogens is 418 g/mol. The molecule has 1 atom stereocenters. The lowest BCUT2D eigenvalue weighted by atomic mass is 9.92. The van der Waals surface area contributed by atoms with Crippen LogP contribution < -0.4 is 19.5 Å². The average Bonchev–Trinajstić information content (AvgIpc) is 3.47. The van der Waals surface area contributed by atoms with E-state index in [2.05, 4.69) is 10.3 Å². The van der Waals surface area contributed by atoms with E-state index in [4.69, 9.17) is 14.2 Å². The largest absolute Gasteiger partial charge is 0.497 e. The Morgan fingerprint density at radius 3 is 2.91 bits per heavy atom. The van der Waals surface area contributed by atoms with Gasteiger partial charge in [-0.05, 0) is 60.0 Å². The highest BCUT2D eigenvalue weighted by Crippen LogP contribution is 2.33. The number of hydrogen-bond donors (Lipinski definition) is 1. The molecule has 4 aromatic rings. The van der Waals surface area contributed by atoms with Gasteiger partial charge in [0.25, 0.3) is 0 Å². The molecule has 7 heteroatoms. The molecule has 168 valence electrons. The van der Waals surface area contributed by atoms with Crippen LogP contribution in [0.3, 0.4) is 0 Å². The van der Waals surface area contributed by atoms with Gasteiger partial charge in [-0.25, -0.2) is 4.98 Å². The number of benzene rings is 2. The van der Waals surface area contributed by atoms with Crippen LogP contribution in [0, 0.1) is 6.92 Å². The fourth-order valence-electron chi connectivity index (χ4n) is 4.12. The molecule has 0 saturated carbocycles. The Morgan fingerprint density at radius 1 is 1.15 bits per heavy atom. The van der Waals surface area contributed by atoms with Crippen molar-refractivity contribution in [3.05, 3.63) is 89.4 Å². The molecule has 1 aliphatic rings. The zero-order valence-electron chi connectivity index (χ0n) is 18.6. The fraction of sp³-hybridized carbons (Fsp3) is 0.231. The number of aryl methyl sites for hydroxylation is 1. The topological polar surface area (TPSA) is 74.1 Å². The van der Waals surface area contributed by atoms with Gasteiger partial charge in [-0.1, -0.05) is 18.2 Å². The number of fused-ring (bicyclic) bond motifs is 2. The Kier molecular flexibility index (Phi) is 5.60. The molecular formula is C26H25N3O4. The first kappa shape index (κ1) is 20.9. The van der Waals surface area contributed by atoms with Crippen molar-refractivity contribution < 1.29 is 19.0 Å². The fourth-order valence-corrected chi connectivity index (χ4v) is 4.12.